The number of nitrogens with zero attached hydrogens (tertiary/aromatic N) is 2. The fourth-order valence-electron chi connectivity index (χ4n) is 3.55. The highest BCUT2D eigenvalue weighted by Gasteiger charge is 2.30. The first-order valence-corrected chi connectivity index (χ1v) is 8.97. The Bertz CT molecular complexity index is 577. The van der Waals surface area contributed by atoms with E-state index in [0.29, 0.717) is 37.9 Å². The third-order valence-electron chi connectivity index (χ3n) is 5.15. The van der Waals surface area contributed by atoms with E-state index in [1.54, 1.807) is 6.07 Å². The van der Waals surface area contributed by atoms with E-state index in [0.717, 1.165) is 31.5 Å². The number of anilines is 1. The molecule has 0 atom stereocenters. The average molecular weight is 334 g/mol. The molecule has 5 heteroatoms. The van der Waals surface area contributed by atoms with Crippen molar-refractivity contribution in [1.82, 2.24) is 4.90 Å². The molecule has 1 amide bonds. The van der Waals surface area contributed by atoms with Crippen LogP contribution in [0.4, 0.5) is 10.1 Å². The van der Waals surface area contributed by atoms with Crippen LogP contribution < -0.4 is 4.90 Å². The van der Waals surface area contributed by atoms with E-state index in [1.807, 2.05) is 17.0 Å². The van der Waals surface area contributed by atoms with Crippen LogP contribution >= 0.6 is 0 Å². The second-order valence-electron chi connectivity index (χ2n) is 7.06. The summed E-state index contributed by atoms with van der Waals surface area (Å²) in [6, 6.07) is 5.54. The lowest BCUT2D eigenvalue weighted by Crippen LogP contribution is -2.46. The number of halogens is 1. The highest BCUT2D eigenvalue weighted by atomic mass is 19.1. The zero-order chi connectivity index (χ0) is 17.1. The van der Waals surface area contributed by atoms with Gasteiger partial charge in [0.2, 0.25) is 5.91 Å². The molecule has 0 saturated carbocycles. The van der Waals surface area contributed by atoms with Gasteiger partial charge < -0.3 is 14.5 Å². The van der Waals surface area contributed by atoms with E-state index >= 15 is 0 Å². The molecular formula is C19H27FN2O2. The minimum atomic E-state index is -0.154. The van der Waals surface area contributed by atoms with Gasteiger partial charge in [-0.1, -0.05) is 19.9 Å². The van der Waals surface area contributed by atoms with Gasteiger partial charge in [-0.05, 0) is 36.5 Å². The van der Waals surface area contributed by atoms with Crippen LogP contribution in [-0.4, -0.2) is 50.2 Å². The van der Waals surface area contributed by atoms with Crippen molar-refractivity contribution in [3.63, 3.8) is 0 Å². The monoisotopic (exact) mass is 334 g/mol. The van der Waals surface area contributed by atoms with Crippen molar-refractivity contribution in [2.75, 3.05) is 44.3 Å². The summed E-state index contributed by atoms with van der Waals surface area (Å²) >= 11 is 0. The van der Waals surface area contributed by atoms with E-state index in [2.05, 4.69) is 18.7 Å². The van der Waals surface area contributed by atoms with Gasteiger partial charge in [-0.15, -0.1) is 0 Å². The molecule has 0 N–H and O–H groups in total. The highest BCUT2D eigenvalue weighted by Crippen LogP contribution is 2.29. The summed E-state index contributed by atoms with van der Waals surface area (Å²) in [7, 11) is 0. The Morgan fingerprint density at radius 3 is 2.42 bits per heavy atom. The third-order valence-corrected chi connectivity index (χ3v) is 5.15. The van der Waals surface area contributed by atoms with Crippen molar-refractivity contribution >= 4 is 11.6 Å². The molecule has 0 spiro atoms. The molecule has 0 aliphatic carbocycles. The van der Waals surface area contributed by atoms with E-state index in [1.165, 1.54) is 0 Å². The van der Waals surface area contributed by atoms with Gasteiger partial charge in [0.1, 0.15) is 5.82 Å². The molecule has 3 rings (SSSR count). The number of morpholine rings is 1. The van der Waals surface area contributed by atoms with Gasteiger partial charge in [0.25, 0.3) is 0 Å². The molecule has 0 unspecified atom stereocenters. The summed E-state index contributed by atoms with van der Waals surface area (Å²) in [5.74, 6) is 0.482. The topological polar surface area (TPSA) is 32.8 Å². The molecular weight excluding hydrogens is 307 g/mol. The van der Waals surface area contributed by atoms with Gasteiger partial charge in [-0.2, -0.15) is 0 Å². The Labute approximate surface area is 143 Å². The van der Waals surface area contributed by atoms with Crippen LogP contribution in [0.2, 0.25) is 0 Å². The Morgan fingerprint density at radius 1 is 1.17 bits per heavy atom. The molecule has 1 aromatic carbocycles. The maximum absolute atomic E-state index is 14.4. The molecule has 4 nitrogen and oxygen atoms in total. The number of carbonyl (C=O) groups is 1. The number of amides is 1. The zero-order valence-electron chi connectivity index (χ0n) is 14.6. The molecule has 0 radical (unpaired) electrons. The molecule has 2 saturated heterocycles. The van der Waals surface area contributed by atoms with Crippen molar-refractivity contribution in [3.8, 4) is 0 Å². The number of benzene rings is 1. The molecule has 2 heterocycles. The van der Waals surface area contributed by atoms with E-state index in [9.17, 15) is 9.18 Å². The predicted octanol–water partition coefficient (Wildman–Crippen LogP) is 3.02. The molecule has 0 bridgehead atoms. The van der Waals surface area contributed by atoms with Crippen molar-refractivity contribution in [2.45, 2.75) is 32.6 Å². The first-order chi connectivity index (χ1) is 11.6. The standard InChI is InChI=1S/C19H27FN2O2/c1-14(2)16-3-4-18(17(20)13-16)21-7-5-15(6-8-21)19(23)22-9-11-24-12-10-22/h3-4,13-15H,5-12H2,1-2H3. The number of carbonyl (C=O) groups excluding carboxylic acids is 1. The normalized spacial score (nSPS) is 19.8. The largest absolute Gasteiger partial charge is 0.378 e. The van der Waals surface area contributed by atoms with Crippen molar-refractivity contribution in [2.24, 2.45) is 5.92 Å². The van der Waals surface area contributed by atoms with Crippen molar-refractivity contribution in [1.29, 1.82) is 0 Å². The molecule has 1 aromatic rings. The summed E-state index contributed by atoms with van der Waals surface area (Å²) in [5, 5.41) is 0. The number of hydrogen-bond acceptors (Lipinski definition) is 3. The molecule has 2 aliphatic rings. The van der Waals surface area contributed by atoms with Crippen LogP contribution in [0, 0.1) is 11.7 Å². The Morgan fingerprint density at radius 2 is 1.83 bits per heavy atom. The molecule has 2 fully saturated rings. The molecule has 0 aromatic heterocycles. The SMILES string of the molecule is CC(C)c1ccc(N2CCC(C(=O)N3CCOCC3)CC2)c(F)c1. The van der Waals surface area contributed by atoms with E-state index < -0.39 is 0 Å². The van der Waals surface area contributed by atoms with Crippen LogP contribution in [0.25, 0.3) is 0 Å². The van der Waals surface area contributed by atoms with Crippen LogP contribution in [0.3, 0.4) is 0 Å². The lowest BCUT2D eigenvalue weighted by molar-refractivity contribution is -0.140. The molecule has 24 heavy (non-hydrogen) atoms. The van der Waals surface area contributed by atoms with Crippen LogP contribution in [0.5, 0.6) is 0 Å². The third kappa shape index (κ3) is 3.72. The van der Waals surface area contributed by atoms with Crippen molar-refractivity contribution < 1.29 is 13.9 Å². The van der Waals surface area contributed by atoms with Crippen LogP contribution in [-0.2, 0) is 9.53 Å². The average Bonchev–Trinajstić information content (AvgIpc) is 2.62. The lowest BCUT2D eigenvalue weighted by Gasteiger charge is -2.36. The maximum Gasteiger partial charge on any atom is 0.225 e. The fourth-order valence-corrected chi connectivity index (χ4v) is 3.55. The highest BCUT2D eigenvalue weighted by molar-refractivity contribution is 5.79. The number of ether oxygens (including phenoxy) is 1. The summed E-state index contributed by atoms with van der Waals surface area (Å²) in [6.07, 6.45) is 1.59. The number of hydrogen-bond donors (Lipinski definition) is 0. The Hall–Kier alpha value is -1.62. The molecule has 132 valence electrons. The first-order valence-electron chi connectivity index (χ1n) is 8.97. The Balaban J connectivity index is 1.59. The number of piperidine rings is 1. The Kier molecular flexibility index (Phi) is 5.39. The van der Waals surface area contributed by atoms with Gasteiger partial charge in [0.15, 0.2) is 0 Å². The number of rotatable bonds is 3. The van der Waals surface area contributed by atoms with Gasteiger partial charge in [0, 0.05) is 32.1 Å². The predicted molar refractivity (Wildman–Crippen MR) is 92.8 cm³/mol. The zero-order valence-corrected chi connectivity index (χ0v) is 14.6. The fraction of sp³-hybridized carbons (Fsp3) is 0.632. The second kappa shape index (κ2) is 7.51. The van der Waals surface area contributed by atoms with Gasteiger partial charge >= 0.3 is 0 Å². The summed E-state index contributed by atoms with van der Waals surface area (Å²) < 4.78 is 19.7. The summed E-state index contributed by atoms with van der Waals surface area (Å²) in [4.78, 5) is 16.6. The minimum absolute atomic E-state index is 0.0670. The second-order valence-corrected chi connectivity index (χ2v) is 7.06. The van der Waals surface area contributed by atoms with Crippen LogP contribution in [0.15, 0.2) is 18.2 Å². The quantitative estimate of drug-likeness (QED) is 0.852. The summed E-state index contributed by atoms with van der Waals surface area (Å²) in [5.41, 5.74) is 1.69. The molecule has 2 aliphatic heterocycles. The van der Waals surface area contributed by atoms with E-state index in [4.69, 9.17) is 4.74 Å². The van der Waals surface area contributed by atoms with Gasteiger partial charge in [-0.3, -0.25) is 4.79 Å². The maximum atomic E-state index is 14.4. The van der Waals surface area contributed by atoms with Gasteiger partial charge in [-0.25, -0.2) is 4.39 Å². The van der Waals surface area contributed by atoms with E-state index in [-0.39, 0.29) is 17.6 Å². The lowest BCUT2D eigenvalue weighted by atomic mass is 9.94. The van der Waals surface area contributed by atoms with Crippen molar-refractivity contribution in [3.05, 3.63) is 29.6 Å². The smallest absolute Gasteiger partial charge is 0.225 e. The van der Waals surface area contributed by atoms with Crippen LogP contribution in [0.1, 0.15) is 38.2 Å². The first kappa shape index (κ1) is 17.2. The minimum Gasteiger partial charge on any atom is -0.378 e. The summed E-state index contributed by atoms with van der Waals surface area (Å²) in [6.45, 7) is 8.27. The van der Waals surface area contributed by atoms with Gasteiger partial charge in [0.05, 0.1) is 18.9 Å².